The third-order valence-electron chi connectivity index (χ3n) is 1.87. The van der Waals surface area contributed by atoms with Crippen LogP contribution >= 0.6 is 0 Å². The fraction of sp³-hybridized carbons (Fsp3) is 0.375. The first-order chi connectivity index (χ1) is 8.13. The number of nitrogens with zero attached hydrogens (tertiary/aromatic N) is 2. The molecule has 1 aromatic heterocycles. The zero-order valence-corrected chi connectivity index (χ0v) is 8.66. The van der Waals surface area contributed by atoms with Gasteiger partial charge in [-0.15, -0.1) is 13.2 Å². The number of nitro groups is 1. The van der Waals surface area contributed by atoms with Crippen molar-refractivity contribution in [3.8, 4) is 5.88 Å². The fourth-order valence-electron chi connectivity index (χ4n) is 1.22. The van der Waals surface area contributed by atoms with Crippen molar-refractivity contribution >= 4 is 5.69 Å². The summed E-state index contributed by atoms with van der Waals surface area (Å²) in [6.45, 7) is 1.07. The van der Waals surface area contributed by atoms with E-state index in [1.54, 1.807) is 0 Å². The Balaban J connectivity index is 3.44. The molecule has 0 radical (unpaired) electrons. The van der Waals surface area contributed by atoms with E-state index in [0.29, 0.717) is 6.20 Å². The lowest BCUT2D eigenvalue weighted by Crippen LogP contribution is -2.19. The van der Waals surface area contributed by atoms with Gasteiger partial charge in [0.05, 0.1) is 4.92 Å². The monoisotopic (exact) mass is 272 g/mol. The number of hydrogen-bond acceptors (Lipinski definition) is 4. The van der Waals surface area contributed by atoms with Crippen LogP contribution < -0.4 is 4.74 Å². The lowest BCUT2D eigenvalue weighted by Gasteiger charge is -2.11. The Bertz CT molecular complexity index is 475. The van der Waals surface area contributed by atoms with E-state index in [2.05, 4.69) is 9.72 Å². The molecule has 1 rings (SSSR count). The quantitative estimate of drug-likeness (QED) is 0.481. The first kappa shape index (κ1) is 14.1. The third-order valence-corrected chi connectivity index (χ3v) is 1.87. The molecule has 0 aromatic carbocycles. The summed E-state index contributed by atoms with van der Waals surface area (Å²) < 4.78 is 64.3. The van der Waals surface area contributed by atoms with Crippen molar-refractivity contribution in [1.82, 2.24) is 4.98 Å². The molecule has 1 heterocycles. The molecule has 0 aliphatic heterocycles. The van der Waals surface area contributed by atoms with Gasteiger partial charge in [0, 0.05) is 6.20 Å². The molecule has 1 aromatic rings. The number of alkyl halides is 5. The summed E-state index contributed by atoms with van der Waals surface area (Å²) in [5.41, 5.74) is -2.93. The predicted octanol–water partition coefficient (Wildman–Crippen LogP) is 3.13. The molecule has 100 valence electrons. The maximum absolute atomic E-state index is 12.6. The summed E-state index contributed by atoms with van der Waals surface area (Å²) >= 11 is 0. The maximum atomic E-state index is 12.6. The summed E-state index contributed by atoms with van der Waals surface area (Å²) in [5.74, 6) is -1.51. The fourth-order valence-corrected chi connectivity index (χ4v) is 1.22. The summed E-state index contributed by atoms with van der Waals surface area (Å²) in [4.78, 5) is 12.2. The Morgan fingerprint density at radius 2 is 2.00 bits per heavy atom. The molecule has 0 spiro atoms. The smallest absolute Gasteiger partial charge is 0.381 e. The molecule has 0 unspecified atom stereocenters. The minimum Gasteiger partial charge on any atom is -0.381 e. The number of halogens is 5. The zero-order chi connectivity index (χ0) is 14.1. The van der Waals surface area contributed by atoms with Crippen LogP contribution in [0.4, 0.5) is 27.6 Å². The molecule has 0 amide bonds. The summed E-state index contributed by atoms with van der Waals surface area (Å²) in [7, 11) is 0. The highest BCUT2D eigenvalue weighted by atomic mass is 19.4. The van der Waals surface area contributed by atoms with Crippen molar-refractivity contribution in [2.75, 3.05) is 0 Å². The number of aryl methyl sites for hydroxylation is 1. The maximum Gasteiger partial charge on any atom is 0.574 e. The van der Waals surface area contributed by atoms with Crippen LogP contribution in [0.5, 0.6) is 5.88 Å². The Labute approximate surface area is 96.3 Å². The van der Waals surface area contributed by atoms with E-state index in [9.17, 15) is 32.1 Å². The second-order valence-corrected chi connectivity index (χ2v) is 3.11. The first-order valence-electron chi connectivity index (χ1n) is 4.31. The highest BCUT2D eigenvalue weighted by Gasteiger charge is 2.38. The van der Waals surface area contributed by atoms with Gasteiger partial charge in [-0.2, -0.15) is 0 Å². The van der Waals surface area contributed by atoms with Gasteiger partial charge in [-0.25, -0.2) is 13.8 Å². The zero-order valence-electron chi connectivity index (χ0n) is 8.66. The minimum absolute atomic E-state index is 0.300. The number of pyridine rings is 1. The van der Waals surface area contributed by atoms with Gasteiger partial charge in [0.25, 0.3) is 6.43 Å². The van der Waals surface area contributed by atoms with Gasteiger partial charge in [-0.1, -0.05) is 0 Å². The predicted molar refractivity (Wildman–Crippen MR) is 47.3 cm³/mol. The van der Waals surface area contributed by atoms with Gasteiger partial charge in [0.15, 0.2) is 0 Å². The van der Waals surface area contributed by atoms with Crippen LogP contribution in [0.25, 0.3) is 0 Å². The highest BCUT2D eigenvalue weighted by Crippen LogP contribution is 2.39. The average molecular weight is 272 g/mol. The van der Waals surface area contributed by atoms with Gasteiger partial charge in [-0.05, 0) is 12.5 Å². The summed E-state index contributed by atoms with van der Waals surface area (Å²) in [5, 5.41) is 10.6. The van der Waals surface area contributed by atoms with E-state index in [1.165, 1.54) is 0 Å². The molecular weight excluding hydrogens is 267 g/mol. The SMILES string of the molecule is Cc1cnc(OC(F)(F)F)c([N+](=O)[O-])c1C(F)F. The van der Waals surface area contributed by atoms with Gasteiger partial charge in [0.2, 0.25) is 0 Å². The lowest BCUT2D eigenvalue weighted by molar-refractivity contribution is -0.390. The summed E-state index contributed by atoms with van der Waals surface area (Å²) in [6.07, 6.45) is -7.92. The second kappa shape index (κ2) is 4.70. The van der Waals surface area contributed by atoms with E-state index in [-0.39, 0.29) is 5.56 Å². The van der Waals surface area contributed by atoms with Gasteiger partial charge < -0.3 is 4.74 Å². The molecular formula is C8H5F5N2O3. The molecule has 0 aliphatic carbocycles. The van der Waals surface area contributed by atoms with Crippen molar-refractivity contribution < 1.29 is 31.6 Å². The van der Waals surface area contributed by atoms with E-state index < -0.39 is 34.8 Å². The van der Waals surface area contributed by atoms with Crippen LogP contribution in [-0.2, 0) is 0 Å². The van der Waals surface area contributed by atoms with E-state index in [0.717, 1.165) is 6.92 Å². The van der Waals surface area contributed by atoms with E-state index >= 15 is 0 Å². The highest BCUT2D eigenvalue weighted by molar-refractivity contribution is 5.52. The Kier molecular flexibility index (Phi) is 3.67. The number of rotatable bonds is 3. The van der Waals surface area contributed by atoms with E-state index in [1.807, 2.05) is 0 Å². The molecule has 5 nitrogen and oxygen atoms in total. The largest absolute Gasteiger partial charge is 0.574 e. The summed E-state index contributed by atoms with van der Waals surface area (Å²) in [6, 6.07) is 0. The van der Waals surface area contributed by atoms with Crippen LogP contribution in [0.3, 0.4) is 0 Å². The molecule has 0 fully saturated rings. The van der Waals surface area contributed by atoms with Gasteiger partial charge in [0.1, 0.15) is 5.56 Å². The average Bonchev–Trinajstić information content (AvgIpc) is 2.17. The standard InChI is InChI=1S/C8H5F5N2O3/c1-3-2-14-7(18-8(11,12)13)5(15(16)17)4(3)6(9)10/h2,6H,1H3. The molecule has 0 aliphatic rings. The van der Waals surface area contributed by atoms with Gasteiger partial charge >= 0.3 is 17.9 Å². The number of ether oxygens (including phenoxy) is 1. The number of aromatic nitrogens is 1. The lowest BCUT2D eigenvalue weighted by atomic mass is 10.1. The molecule has 10 heteroatoms. The van der Waals surface area contributed by atoms with Crippen molar-refractivity contribution in [2.24, 2.45) is 0 Å². The van der Waals surface area contributed by atoms with Crippen molar-refractivity contribution in [1.29, 1.82) is 0 Å². The molecule has 0 atom stereocenters. The Morgan fingerprint density at radius 3 is 2.39 bits per heavy atom. The topological polar surface area (TPSA) is 65.3 Å². The Hall–Kier alpha value is -2.00. The van der Waals surface area contributed by atoms with Crippen LogP contribution in [0.1, 0.15) is 17.6 Å². The van der Waals surface area contributed by atoms with Crippen molar-refractivity contribution in [2.45, 2.75) is 19.7 Å². The Morgan fingerprint density at radius 1 is 1.44 bits per heavy atom. The first-order valence-corrected chi connectivity index (χ1v) is 4.31. The van der Waals surface area contributed by atoms with Gasteiger partial charge in [-0.3, -0.25) is 10.1 Å². The van der Waals surface area contributed by atoms with E-state index in [4.69, 9.17) is 0 Å². The minimum atomic E-state index is -5.26. The van der Waals surface area contributed by atoms with Crippen LogP contribution in [-0.4, -0.2) is 16.3 Å². The normalized spacial score (nSPS) is 11.7. The molecule has 18 heavy (non-hydrogen) atoms. The van der Waals surface area contributed by atoms with Crippen molar-refractivity contribution in [3.63, 3.8) is 0 Å². The molecule has 0 N–H and O–H groups in total. The molecule has 0 saturated heterocycles. The second-order valence-electron chi connectivity index (χ2n) is 3.11. The van der Waals surface area contributed by atoms with Crippen LogP contribution in [0.15, 0.2) is 6.20 Å². The van der Waals surface area contributed by atoms with Crippen LogP contribution in [0, 0.1) is 17.0 Å². The molecule has 0 bridgehead atoms. The number of hydrogen-bond donors (Lipinski definition) is 0. The van der Waals surface area contributed by atoms with Crippen molar-refractivity contribution in [3.05, 3.63) is 27.4 Å². The van der Waals surface area contributed by atoms with Crippen LogP contribution in [0.2, 0.25) is 0 Å². The third kappa shape index (κ3) is 3.02. The molecule has 0 saturated carbocycles.